The van der Waals surface area contributed by atoms with Crippen LogP contribution in [0.2, 0.25) is 5.02 Å². The van der Waals surface area contributed by atoms with Crippen molar-refractivity contribution in [2.24, 2.45) is 0 Å². The largest absolute Gasteiger partial charge is 0.387 e. The summed E-state index contributed by atoms with van der Waals surface area (Å²) in [6.45, 7) is 0. The van der Waals surface area contributed by atoms with Crippen molar-refractivity contribution in [3.63, 3.8) is 0 Å². The van der Waals surface area contributed by atoms with Gasteiger partial charge in [0.05, 0.1) is 17.0 Å². The zero-order valence-corrected chi connectivity index (χ0v) is 9.20. The first-order valence-corrected chi connectivity index (χ1v) is 5.04. The summed E-state index contributed by atoms with van der Waals surface area (Å²) in [5.74, 6) is 0.179. The Balaban J connectivity index is 2.96. The van der Waals surface area contributed by atoms with E-state index in [0.29, 0.717) is 5.02 Å². The third kappa shape index (κ3) is 2.36. The quantitative estimate of drug-likeness (QED) is 0.817. The van der Waals surface area contributed by atoms with Gasteiger partial charge in [0.25, 0.3) is 0 Å². The van der Waals surface area contributed by atoms with Gasteiger partial charge in [0, 0.05) is 4.47 Å². The number of hydrogen-bond acceptors (Lipinski definition) is 1. The molecule has 1 N–H and O–H groups in total. The molecule has 0 saturated carbocycles. The molecule has 0 aliphatic rings. The third-order valence-electron chi connectivity index (χ3n) is 1.47. The van der Waals surface area contributed by atoms with Gasteiger partial charge in [0.2, 0.25) is 0 Å². The van der Waals surface area contributed by atoms with Gasteiger partial charge < -0.3 is 5.11 Å². The highest BCUT2D eigenvalue weighted by atomic mass is 79.9. The lowest BCUT2D eigenvalue weighted by atomic mass is 10.1. The first-order chi connectivity index (χ1) is 5.65. The van der Waals surface area contributed by atoms with Gasteiger partial charge in [-0.15, -0.1) is 11.6 Å². The van der Waals surface area contributed by atoms with Crippen molar-refractivity contribution < 1.29 is 5.11 Å². The van der Waals surface area contributed by atoms with E-state index in [2.05, 4.69) is 15.9 Å². The molecule has 4 heteroatoms. The smallest absolute Gasteiger partial charge is 0.0925 e. The van der Waals surface area contributed by atoms with Gasteiger partial charge in [0.1, 0.15) is 0 Å². The van der Waals surface area contributed by atoms with E-state index in [1.165, 1.54) is 0 Å². The van der Waals surface area contributed by atoms with E-state index in [4.69, 9.17) is 23.2 Å². The maximum absolute atomic E-state index is 9.34. The molecule has 0 aromatic heterocycles. The fourth-order valence-corrected chi connectivity index (χ4v) is 1.42. The van der Waals surface area contributed by atoms with Crippen LogP contribution >= 0.6 is 39.1 Å². The average molecular weight is 270 g/mol. The van der Waals surface area contributed by atoms with Gasteiger partial charge in [0.15, 0.2) is 0 Å². The van der Waals surface area contributed by atoms with Crippen molar-refractivity contribution in [2.75, 3.05) is 5.88 Å². The Morgan fingerprint density at radius 2 is 2.17 bits per heavy atom. The molecular weight excluding hydrogens is 263 g/mol. The van der Waals surface area contributed by atoms with Crippen molar-refractivity contribution in [2.45, 2.75) is 6.10 Å². The van der Waals surface area contributed by atoms with Gasteiger partial charge in [-0.25, -0.2) is 0 Å². The SMILES string of the molecule is O[C@@H](CCl)c1ccc(Br)c(Cl)c1. The highest BCUT2D eigenvalue weighted by molar-refractivity contribution is 9.10. The van der Waals surface area contributed by atoms with Crippen LogP contribution in [0.25, 0.3) is 0 Å². The van der Waals surface area contributed by atoms with Crippen molar-refractivity contribution in [3.8, 4) is 0 Å². The zero-order valence-electron chi connectivity index (χ0n) is 6.10. The summed E-state index contributed by atoms with van der Waals surface area (Å²) in [6, 6.07) is 5.26. The Kier molecular flexibility index (Phi) is 3.84. The first-order valence-electron chi connectivity index (χ1n) is 3.34. The van der Waals surface area contributed by atoms with Gasteiger partial charge in [-0.3, -0.25) is 0 Å². The molecule has 0 radical (unpaired) electrons. The van der Waals surface area contributed by atoms with Gasteiger partial charge >= 0.3 is 0 Å². The van der Waals surface area contributed by atoms with Crippen LogP contribution in [0.4, 0.5) is 0 Å². The van der Waals surface area contributed by atoms with Crippen molar-refractivity contribution in [3.05, 3.63) is 33.3 Å². The number of alkyl halides is 1. The molecule has 12 heavy (non-hydrogen) atoms. The second-order valence-corrected chi connectivity index (χ2v) is 3.91. The molecular formula is C8H7BrCl2O. The van der Waals surface area contributed by atoms with E-state index < -0.39 is 6.10 Å². The van der Waals surface area contributed by atoms with E-state index in [-0.39, 0.29) is 5.88 Å². The number of halogens is 3. The van der Waals surface area contributed by atoms with Crippen LogP contribution in [0.1, 0.15) is 11.7 Å². The highest BCUT2D eigenvalue weighted by Crippen LogP contribution is 2.26. The van der Waals surface area contributed by atoms with Crippen LogP contribution < -0.4 is 0 Å². The Morgan fingerprint density at radius 3 is 2.67 bits per heavy atom. The summed E-state index contributed by atoms with van der Waals surface area (Å²) >= 11 is 14.5. The van der Waals surface area contributed by atoms with E-state index in [1.54, 1.807) is 18.2 Å². The molecule has 0 saturated heterocycles. The summed E-state index contributed by atoms with van der Waals surface area (Å²) in [7, 11) is 0. The van der Waals surface area contributed by atoms with E-state index in [1.807, 2.05) is 0 Å². The lowest BCUT2D eigenvalue weighted by Gasteiger charge is -2.07. The summed E-state index contributed by atoms with van der Waals surface area (Å²) in [6.07, 6.45) is -0.641. The molecule has 0 unspecified atom stereocenters. The predicted molar refractivity (Wildman–Crippen MR) is 54.8 cm³/mol. The van der Waals surface area contributed by atoms with Crippen LogP contribution in [-0.4, -0.2) is 11.0 Å². The minimum Gasteiger partial charge on any atom is -0.387 e. The van der Waals surface area contributed by atoms with Crippen LogP contribution in [0.3, 0.4) is 0 Å². The topological polar surface area (TPSA) is 20.2 Å². The molecule has 66 valence electrons. The number of aliphatic hydroxyl groups is 1. The van der Waals surface area contributed by atoms with Crippen LogP contribution in [0.5, 0.6) is 0 Å². The molecule has 1 rings (SSSR count). The van der Waals surface area contributed by atoms with E-state index in [9.17, 15) is 5.11 Å². The van der Waals surface area contributed by atoms with Gasteiger partial charge in [-0.1, -0.05) is 17.7 Å². The maximum atomic E-state index is 9.34. The summed E-state index contributed by atoms with van der Waals surface area (Å²) in [5, 5.41) is 9.92. The second kappa shape index (κ2) is 4.47. The molecule has 0 heterocycles. The molecule has 0 spiro atoms. The average Bonchev–Trinajstić information content (AvgIpc) is 2.08. The number of rotatable bonds is 2. The number of benzene rings is 1. The molecule has 1 atom stereocenters. The third-order valence-corrected chi connectivity index (χ3v) is 3.00. The minimum absolute atomic E-state index is 0.179. The minimum atomic E-state index is -0.641. The molecule has 0 bridgehead atoms. The van der Waals surface area contributed by atoms with Crippen molar-refractivity contribution >= 4 is 39.1 Å². The second-order valence-electron chi connectivity index (χ2n) is 2.34. The summed E-state index contributed by atoms with van der Waals surface area (Å²) in [5.41, 5.74) is 0.734. The lowest BCUT2D eigenvalue weighted by molar-refractivity contribution is 0.202. The van der Waals surface area contributed by atoms with Crippen LogP contribution in [0, 0.1) is 0 Å². The molecule has 1 aromatic rings. The predicted octanol–water partition coefficient (Wildman–Crippen LogP) is 3.37. The number of aliphatic hydroxyl groups excluding tert-OH is 1. The fraction of sp³-hybridized carbons (Fsp3) is 0.250. The van der Waals surface area contributed by atoms with Crippen molar-refractivity contribution in [1.29, 1.82) is 0 Å². The van der Waals surface area contributed by atoms with Crippen molar-refractivity contribution in [1.82, 2.24) is 0 Å². The standard InChI is InChI=1S/C8H7BrCl2O/c9-6-2-1-5(3-7(6)11)8(12)4-10/h1-3,8,12H,4H2/t8-/m0/s1. The monoisotopic (exact) mass is 268 g/mol. The molecule has 1 nitrogen and oxygen atoms in total. The Morgan fingerprint density at radius 1 is 1.50 bits per heavy atom. The van der Waals surface area contributed by atoms with Gasteiger partial charge in [-0.2, -0.15) is 0 Å². The Hall–Kier alpha value is 0.240. The molecule has 0 amide bonds. The molecule has 0 aliphatic heterocycles. The Bertz CT molecular complexity index is 278. The normalized spacial score (nSPS) is 13.0. The fourth-order valence-electron chi connectivity index (χ4n) is 0.809. The molecule has 1 aromatic carbocycles. The van der Waals surface area contributed by atoms with Crippen LogP contribution in [0.15, 0.2) is 22.7 Å². The molecule has 0 aliphatic carbocycles. The highest BCUT2D eigenvalue weighted by Gasteiger charge is 2.06. The summed E-state index contributed by atoms with van der Waals surface area (Å²) < 4.78 is 0.815. The maximum Gasteiger partial charge on any atom is 0.0925 e. The molecule has 0 fully saturated rings. The van der Waals surface area contributed by atoms with Gasteiger partial charge in [-0.05, 0) is 33.6 Å². The Labute approximate surface area is 89.4 Å². The lowest BCUT2D eigenvalue weighted by Crippen LogP contribution is -1.97. The number of hydrogen-bond donors (Lipinski definition) is 1. The summed E-state index contributed by atoms with van der Waals surface area (Å²) in [4.78, 5) is 0. The van der Waals surface area contributed by atoms with Crippen LogP contribution in [-0.2, 0) is 0 Å². The van der Waals surface area contributed by atoms with E-state index in [0.717, 1.165) is 10.0 Å². The zero-order chi connectivity index (χ0) is 9.14. The first kappa shape index (κ1) is 10.3. The van der Waals surface area contributed by atoms with E-state index >= 15 is 0 Å².